The summed E-state index contributed by atoms with van der Waals surface area (Å²) in [7, 11) is 1.67. The van der Waals surface area contributed by atoms with E-state index < -0.39 is 11.9 Å². The molecule has 2 heterocycles. The van der Waals surface area contributed by atoms with Crippen LogP contribution in [-0.4, -0.2) is 77.9 Å². The fraction of sp³-hybridized carbons (Fsp3) is 0.368. The SMILES string of the molecule is COc1ccc(N2CCN(CC(=O)Nc3cc(C)on3)CC2)cc1.O=C(O)C(=O)O. The molecule has 1 aliphatic heterocycles. The zero-order chi connectivity index (χ0) is 22.1. The summed E-state index contributed by atoms with van der Waals surface area (Å²) >= 11 is 0. The number of aryl methyl sites for hydroxylation is 1. The van der Waals surface area contributed by atoms with Crippen LogP contribution in [0.3, 0.4) is 0 Å². The Balaban J connectivity index is 0.000000469. The van der Waals surface area contributed by atoms with Crippen molar-refractivity contribution in [3.63, 3.8) is 0 Å². The summed E-state index contributed by atoms with van der Waals surface area (Å²) in [5, 5.41) is 21.3. The lowest BCUT2D eigenvalue weighted by molar-refractivity contribution is -0.159. The van der Waals surface area contributed by atoms with E-state index >= 15 is 0 Å². The number of carboxylic acids is 2. The first kappa shape index (κ1) is 22.7. The van der Waals surface area contributed by atoms with Gasteiger partial charge in [-0.2, -0.15) is 0 Å². The van der Waals surface area contributed by atoms with E-state index in [1.54, 1.807) is 20.1 Å². The second-order valence-electron chi connectivity index (χ2n) is 6.44. The van der Waals surface area contributed by atoms with Gasteiger partial charge in [0.05, 0.1) is 13.7 Å². The fourth-order valence-corrected chi connectivity index (χ4v) is 2.77. The number of carbonyl (C=O) groups excluding carboxylic acids is 1. The zero-order valence-electron chi connectivity index (χ0n) is 16.7. The Hall–Kier alpha value is -3.60. The number of hydrogen-bond acceptors (Lipinski definition) is 8. The molecule has 11 heteroatoms. The summed E-state index contributed by atoms with van der Waals surface area (Å²) in [6.45, 7) is 5.63. The van der Waals surface area contributed by atoms with Gasteiger partial charge in [0.15, 0.2) is 5.82 Å². The largest absolute Gasteiger partial charge is 0.497 e. The molecular formula is C19H24N4O7. The maximum absolute atomic E-state index is 12.1. The van der Waals surface area contributed by atoms with Crippen molar-refractivity contribution in [1.29, 1.82) is 0 Å². The molecule has 1 amide bonds. The minimum atomic E-state index is -1.82. The van der Waals surface area contributed by atoms with Gasteiger partial charge in [0.1, 0.15) is 11.5 Å². The number of nitrogens with zero attached hydrogens (tertiary/aromatic N) is 3. The molecule has 162 valence electrons. The van der Waals surface area contributed by atoms with Crippen molar-refractivity contribution in [3.8, 4) is 5.75 Å². The van der Waals surface area contributed by atoms with Gasteiger partial charge in [-0.05, 0) is 31.2 Å². The number of rotatable bonds is 5. The Morgan fingerprint density at radius 2 is 1.70 bits per heavy atom. The topological polar surface area (TPSA) is 145 Å². The normalized spacial score (nSPS) is 13.7. The molecule has 11 nitrogen and oxygen atoms in total. The average Bonchev–Trinajstić information content (AvgIpc) is 3.13. The Morgan fingerprint density at radius 3 is 2.17 bits per heavy atom. The van der Waals surface area contributed by atoms with E-state index in [9.17, 15) is 4.79 Å². The summed E-state index contributed by atoms with van der Waals surface area (Å²) in [6.07, 6.45) is 0. The van der Waals surface area contributed by atoms with Crippen LogP contribution in [0, 0.1) is 6.92 Å². The number of nitrogens with one attached hydrogen (secondary N) is 1. The quantitative estimate of drug-likeness (QED) is 0.597. The molecule has 0 bridgehead atoms. The minimum Gasteiger partial charge on any atom is -0.497 e. The molecule has 0 spiro atoms. The molecule has 1 aliphatic rings. The number of ether oxygens (including phenoxy) is 1. The van der Waals surface area contributed by atoms with E-state index in [4.69, 9.17) is 29.1 Å². The maximum Gasteiger partial charge on any atom is 0.414 e. The monoisotopic (exact) mass is 420 g/mol. The van der Waals surface area contributed by atoms with Gasteiger partial charge in [0.25, 0.3) is 0 Å². The van der Waals surface area contributed by atoms with Crippen LogP contribution in [0.1, 0.15) is 5.76 Å². The van der Waals surface area contributed by atoms with Crippen molar-refractivity contribution < 1.29 is 33.9 Å². The Morgan fingerprint density at radius 1 is 1.10 bits per heavy atom. The van der Waals surface area contributed by atoms with Crippen molar-refractivity contribution in [2.45, 2.75) is 6.92 Å². The van der Waals surface area contributed by atoms with Gasteiger partial charge < -0.3 is 29.7 Å². The smallest absolute Gasteiger partial charge is 0.414 e. The highest BCUT2D eigenvalue weighted by Gasteiger charge is 2.19. The van der Waals surface area contributed by atoms with Gasteiger partial charge in [0.2, 0.25) is 5.91 Å². The number of piperazine rings is 1. The van der Waals surface area contributed by atoms with Crippen LogP contribution >= 0.6 is 0 Å². The summed E-state index contributed by atoms with van der Waals surface area (Å²) in [6, 6.07) is 9.77. The van der Waals surface area contributed by atoms with Gasteiger partial charge in [-0.25, -0.2) is 9.59 Å². The first-order chi connectivity index (χ1) is 14.3. The number of anilines is 2. The van der Waals surface area contributed by atoms with Crippen LogP contribution in [0.25, 0.3) is 0 Å². The molecule has 1 saturated heterocycles. The Labute approximate surface area is 172 Å². The predicted octanol–water partition coefficient (Wildman–Crippen LogP) is 0.908. The van der Waals surface area contributed by atoms with Crippen molar-refractivity contribution in [3.05, 3.63) is 36.1 Å². The van der Waals surface area contributed by atoms with Crippen LogP contribution in [0.15, 0.2) is 34.9 Å². The van der Waals surface area contributed by atoms with E-state index in [1.165, 1.54) is 5.69 Å². The number of hydrogen-bond donors (Lipinski definition) is 3. The summed E-state index contributed by atoms with van der Waals surface area (Å²) in [4.78, 5) is 34.7. The number of carboxylic acid groups (broad SMARTS) is 2. The molecule has 0 aliphatic carbocycles. The van der Waals surface area contributed by atoms with Crippen LogP contribution in [0.2, 0.25) is 0 Å². The van der Waals surface area contributed by atoms with Crippen LogP contribution < -0.4 is 15.0 Å². The summed E-state index contributed by atoms with van der Waals surface area (Å²) in [5.74, 6) is -1.71. The third-order valence-corrected chi connectivity index (χ3v) is 4.26. The second-order valence-corrected chi connectivity index (χ2v) is 6.44. The lowest BCUT2D eigenvalue weighted by Gasteiger charge is -2.35. The van der Waals surface area contributed by atoms with Gasteiger partial charge in [-0.15, -0.1) is 0 Å². The zero-order valence-corrected chi connectivity index (χ0v) is 16.7. The van der Waals surface area contributed by atoms with E-state index in [0.717, 1.165) is 31.9 Å². The number of aliphatic carboxylic acids is 2. The fourth-order valence-electron chi connectivity index (χ4n) is 2.77. The van der Waals surface area contributed by atoms with Crippen molar-refractivity contribution in [2.24, 2.45) is 0 Å². The number of aromatic nitrogens is 1. The number of carbonyl (C=O) groups is 3. The molecular weight excluding hydrogens is 396 g/mol. The van der Waals surface area contributed by atoms with E-state index in [0.29, 0.717) is 18.1 Å². The molecule has 0 atom stereocenters. The molecule has 30 heavy (non-hydrogen) atoms. The molecule has 2 aromatic rings. The van der Waals surface area contributed by atoms with E-state index in [-0.39, 0.29) is 5.91 Å². The van der Waals surface area contributed by atoms with Gasteiger partial charge in [0, 0.05) is 37.9 Å². The van der Waals surface area contributed by atoms with Crippen molar-refractivity contribution in [1.82, 2.24) is 10.1 Å². The van der Waals surface area contributed by atoms with Gasteiger partial charge in [-0.1, -0.05) is 5.16 Å². The van der Waals surface area contributed by atoms with E-state index in [1.807, 2.05) is 12.1 Å². The molecule has 3 N–H and O–H groups in total. The van der Waals surface area contributed by atoms with Crippen LogP contribution in [0.5, 0.6) is 5.75 Å². The summed E-state index contributed by atoms with van der Waals surface area (Å²) < 4.78 is 10.1. The van der Waals surface area contributed by atoms with Crippen molar-refractivity contribution in [2.75, 3.05) is 50.1 Å². The van der Waals surface area contributed by atoms with Crippen LogP contribution in [-0.2, 0) is 14.4 Å². The third kappa shape index (κ3) is 7.09. The Bertz CT molecular complexity index is 846. The molecule has 1 aromatic carbocycles. The lowest BCUT2D eigenvalue weighted by Crippen LogP contribution is -2.48. The Kier molecular flexibility index (Phi) is 8.18. The molecule has 1 aromatic heterocycles. The average molecular weight is 420 g/mol. The molecule has 0 saturated carbocycles. The molecule has 0 unspecified atom stereocenters. The summed E-state index contributed by atoms with van der Waals surface area (Å²) in [5.41, 5.74) is 1.18. The number of benzene rings is 1. The van der Waals surface area contributed by atoms with Crippen LogP contribution in [0.4, 0.5) is 11.5 Å². The molecule has 3 rings (SSSR count). The maximum atomic E-state index is 12.1. The second kappa shape index (κ2) is 10.8. The lowest BCUT2D eigenvalue weighted by atomic mass is 10.2. The van der Waals surface area contributed by atoms with Crippen molar-refractivity contribution >= 4 is 29.4 Å². The molecule has 0 radical (unpaired) electrons. The standard InChI is InChI=1S/C17H22N4O3.C2H2O4/c1-13-11-16(19-24-13)18-17(22)12-20-7-9-21(10-8-20)14-3-5-15(23-2)6-4-14;3-1(4)2(5)6/h3-6,11H,7-10,12H2,1-2H3,(H,18,19,22);(H,3,4)(H,5,6). The minimum absolute atomic E-state index is 0.0683. The van der Waals surface area contributed by atoms with Gasteiger partial charge >= 0.3 is 11.9 Å². The first-order valence-electron chi connectivity index (χ1n) is 9.09. The molecule has 1 fully saturated rings. The number of methoxy groups -OCH3 is 1. The predicted molar refractivity (Wildman–Crippen MR) is 107 cm³/mol. The van der Waals surface area contributed by atoms with Gasteiger partial charge in [-0.3, -0.25) is 9.69 Å². The van der Waals surface area contributed by atoms with E-state index in [2.05, 4.69) is 32.4 Å². The highest BCUT2D eigenvalue weighted by molar-refractivity contribution is 6.27. The number of amides is 1. The highest BCUT2D eigenvalue weighted by Crippen LogP contribution is 2.20. The third-order valence-electron chi connectivity index (χ3n) is 4.26. The highest BCUT2D eigenvalue weighted by atomic mass is 16.5. The first-order valence-corrected chi connectivity index (χ1v) is 9.09.